The summed E-state index contributed by atoms with van der Waals surface area (Å²) in [5, 5.41) is -0.158. The lowest BCUT2D eigenvalue weighted by Crippen LogP contribution is -2.17. The van der Waals surface area contributed by atoms with Gasteiger partial charge in [0.25, 0.3) is 0 Å². The van der Waals surface area contributed by atoms with Gasteiger partial charge in [0.1, 0.15) is 5.82 Å². The van der Waals surface area contributed by atoms with Crippen molar-refractivity contribution in [3.63, 3.8) is 0 Å². The summed E-state index contributed by atoms with van der Waals surface area (Å²) in [6.45, 7) is 0.709. The van der Waals surface area contributed by atoms with Gasteiger partial charge in [0, 0.05) is 10.1 Å². The molecule has 0 aromatic heterocycles. The summed E-state index contributed by atoms with van der Waals surface area (Å²) in [5.41, 5.74) is 0.838. The molecule has 1 aromatic rings. The van der Waals surface area contributed by atoms with Crippen LogP contribution < -0.4 is 0 Å². The minimum Gasteiger partial charge on any atom is -0.308 e. The molecule has 0 amide bonds. The fourth-order valence-electron chi connectivity index (χ4n) is 1.18. The Bertz CT molecular complexity index is 297. The van der Waals surface area contributed by atoms with Crippen molar-refractivity contribution in [2.24, 2.45) is 0 Å². The molecule has 1 nitrogen and oxygen atoms in total. The van der Waals surface area contributed by atoms with Gasteiger partial charge in [-0.05, 0) is 60.4 Å². The first kappa shape index (κ1) is 12.2. The molecular formula is C10H12ClFIN. The maximum atomic E-state index is 13.0. The highest BCUT2D eigenvalue weighted by atomic mass is 127. The fourth-order valence-corrected chi connectivity index (χ4v) is 2.24. The van der Waals surface area contributed by atoms with Gasteiger partial charge in [-0.15, -0.1) is 11.6 Å². The van der Waals surface area contributed by atoms with Crippen molar-refractivity contribution in [3.05, 3.63) is 33.1 Å². The molecule has 0 radical (unpaired) electrons. The zero-order valence-electron chi connectivity index (χ0n) is 8.10. The van der Waals surface area contributed by atoms with E-state index in [2.05, 4.69) is 22.6 Å². The number of hydrogen-bond donors (Lipinski definition) is 0. The second-order valence-corrected chi connectivity index (χ2v) is 5.21. The van der Waals surface area contributed by atoms with E-state index in [1.807, 2.05) is 25.1 Å². The Morgan fingerprint density at radius 1 is 1.43 bits per heavy atom. The maximum absolute atomic E-state index is 13.0. The Morgan fingerprint density at radius 2 is 2.07 bits per heavy atom. The Hall–Kier alpha value is 0.130. The predicted octanol–water partition coefficient (Wildman–Crippen LogP) is 3.27. The Labute approximate surface area is 102 Å². The lowest BCUT2D eigenvalue weighted by Gasteiger charge is -2.15. The molecule has 0 saturated heterocycles. The molecule has 0 spiro atoms. The van der Waals surface area contributed by atoms with Crippen molar-refractivity contribution in [2.45, 2.75) is 5.38 Å². The van der Waals surface area contributed by atoms with E-state index in [0.717, 1.165) is 9.13 Å². The Morgan fingerprint density at radius 3 is 2.57 bits per heavy atom. The second kappa shape index (κ2) is 5.28. The van der Waals surface area contributed by atoms with Gasteiger partial charge in [0.05, 0.1) is 5.38 Å². The normalized spacial score (nSPS) is 13.3. The summed E-state index contributed by atoms with van der Waals surface area (Å²) in [5.74, 6) is -0.226. The number of likely N-dealkylation sites (N-methyl/N-ethyl adjacent to an activating group) is 1. The van der Waals surface area contributed by atoms with Gasteiger partial charge in [-0.2, -0.15) is 0 Å². The van der Waals surface area contributed by atoms with Crippen molar-refractivity contribution < 1.29 is 4.39 Å². The van der Waals surface area contributed by atoms with Crippen molar-refractivity contribution >= 4 is 34.2 Å². The molecule has 14 heavy (non-hydrogen) atoms. The second-order valence-electron chi connectivity index (χ2n) is 3.43. The predicted molar refractivity (Wildman–Crippen MR) is 66.3 cm³/mol. The van der Waals surface area contributed by atoms with Gasteiger partial charge in [0.15, 0.2) is 0 Å². The highest BCUT2D eigenvalue weighted by Crippen LogP contribution is 2.23. The van der Waals surface area contributed by atoms with Crippen LogP contribution in [-0.4, -0.2) is 25.5 Å². The molecule has 0 fully saturated rings. The minimum absolute atomic E-state index is 0.158. The summed E-state index contributed by atoms with van der Waals surface area (Å²) < 4.78 is 13.9. The molecule has 0 aliphatic rings. The number of alkyl halides is 1. The molecule has 1 rings (SSSR count). The summed E-state index contributed by atoms with van der Waals surface area (Å²) in [7, 11) is 3.89. The molecule has 4 heteroatoms. The highest BCUT2D eigenvalue weighted by molar-refractivity contribution is 14.1. The number of nitrogens with zero attached hydrogens (tertiary/aromatic N) is 1. The molecule has 78 valence electrons. The van der Waals surface area contributed by atoms with E-state index in [9.17, 15) is 4.39 Å². The molecule has 1 aromatic carbocycles. The summed E-state index contributed by atoms with van der Waals surface area (Å²) in [6, 6.07) is 4.89. The van der Waals surface area contributed by atoms with Crippen LogP contribution in [0.1, 0.15) is 10.9 Å². The van der Waals surface area contributed by atoms with Crippen LogP contribution in [0.3, 0.4) is 0 Å². The summed E-state index contributed by atoms with van der Waals surface area (Å²) >= 11 is 8.22. The van der Waals surface area contributed by atoms with Gasteiger partial charge in [-0.1, -0.05) is 0 Å². The number of halogens is 3. The lowest BCUT2D eigenvalue weighted by molar-refractivity contribution is 0.407. The Balaban J connectivity index is 2.84. The summed E-state index contributed by atoms with van der Waals surface area (Å²) in [6.07, 6.45) is 0. The fraction of sp³-hybridized carbons (Fsp3) is 0.400. The summed E-state index contributed by atoms with van der Waals surface area (Å²) in [4.78, 5) is 1.98. The first-order valence-electron chi connectivity index (χ1n) is 4.24. The third-order valence-electron chi connectivity index (χ3n) is 1.77. The first-order valence-corrected chi connectivity index (χ1v) is 5.75. The van der Waals surface area contributed by atoms with E-state index in [-0.39, 0.29) is 11.2 Å². The Kier molecular flexibility index (Phi) is 4.60. The van der Waals surface area contributed by atoms with Gasteiger partial charge < -0.3 is 4.90 Å². The third kappa shape index (κ3) is 3.71. The van der Waals surface area contributed by atoms with E-state index >= 15 is 0 Å². The SMILES string of the molecule is CN(C)CC(Cl)c1cc(F)cc(I)c1. The van der Waals surface area contributed by atoms with Crippen LogP contribution in [0.5, 0.6) is 0 Å². The number of benzene rings is 1. The minimum atomic E-state index is -0.226. The molecule has 0 heterocycles. The van der Waals surface area contributed by atoms with Crippen LogP contribution >= 0.6 is 34.2 Å². The first-order chi connectivity index (χ1) is 6.49. The van der Waals surface area contributed by atoms with E-state index in [1.54, 1.807) is 0 Å². The average Bonchev–Trinajstić information content (AvgIpc) is 2.00. The molecule has 1 atom stereocenters. The molecule has 0 aliphatic carbocycles. The van der Waals surface area contributed by atoms with Crippen LogP contribution in [0, 0.1) is 9.39 Å². The van der Waals surface area contributed by atoms with Crippen molar-refractivity contribution in [2.75, 3.05) is 20.6 Å². The van der Waals surface area contributed by atoms with Crippen molar-refractivity contribution in [1.82, 2.24) is 4.90 Å². The monoisotopic (exact) mass is 327 g/mol. The zero-order chi connectivity index (χ0) is 10.7. The van der Waals surface area contributed by atoms with Gasteiger partial charge in [-0.25, -0.2) is 4.39 Å². The van der Waals surface area contributed by atoms with E-state index in [4.69, 9.17) is 11.6 Å². The molecule has 0 saturated carbocycles. The third-order valence-corrected chi connectivity index (χ3v) is 2.78. The van der Waals surface area contributed by atoms with E-state index in [1.165, 1.54) is 12.1 Å². The van der Waals surface area contributed by atoms with Crippen molar-refractivity contribution in [3.8, 4) is 0 Å². The quantitative estimate of drug-likeness (QED) is 0.608. The van der Waals surface area contributed by atoms with E-state index in [0.29, 0.717) is 6.54 Å². The zero-order valence-corrected chi connectivity index (χ0v) is 11.0. The molecular weight excluding hydrogens is 315 g/mol. The topological polar surface area (TPSA) is 3.24 Å². The lowest BCUT2D eigenvalue weighted by atomic mass is 10.1. The van der Waals surface area contributed by atoms with E-state index < -0.39 is 0 Å². The van der Waals surface area contributed by atoms with Crippen LogP contribution in [-0.2, 0) is 0 Å². The smallest absolute Gasteiger partial charge is 0.124 e. The molecule has 0 bridgehead atoms. The van der Waals surface area contributed by atoms with Gasteiger partial charge in [0.2, 0.25) is 0 Å². The van der Waals surface area contributed by atoms with Crippen LogP contribution in [0.15, 0.2) is 18.2 Å². The number of hydrogen-bond acceptors (Lipinski definition) is 1. The largest absolute Gasteiger partial charge is 0.308 e. The van der Waals surface area contributed by atoms with Gasteiger partial charge in [-0.3, -0.25) is 0 Å². The number of rotatable bonds is 3. The average molecular weight is 328 g/mol. The highest BCUT2D eigenvalue weighted by Gasteiger charge is 2.10. The molecule has 1 unspecified atom stereocenters. The van der Waals surface area contributed by atoms with Crippen LogP contribution in [0.25, 0.3) is 0 Å². The standard InChI is InChI=1S/C10H12ClFIN/c1-14(2)6-10(11)7-3-8(12)5-9(13)4-7/h3-5,10H,6H2,1-2H3. The molecule has 0 aliphatic heterocycles. The van der Waals surface area contributed by atoms with Crippen molar-refractivity contribution in [1.29, 1.82) is 0 Å². The van der Waals surface area contributed by atoms with Gasteiger partial charge >= 0.3 is 0 Å². The molecule has 0 N–H and O–H groups in total. The van der Waals surface area contributed by atoms with Crippen LogP contribution in [0.4, 0.5) is 4.39 Å². The maximum Gasteiger partial charge on any atom is 0.124 e. The van der Waals surface area contributed by atoms with Crippen LogP contribution in [0.2, 0.25) is 0 Å².